The molecule has 1 heterocycles. The monoisotopic (exact) mass is 455 g/mol. The summed E-state index contributed by atoms with van der Waals surface area (Å²) in [5.41, 5.74) is 0.167. The van der Waals surface area contributed by atoms with Gasteiger partial charge in [-0.05, 0) is 55.8 Å². The number of hydrogen-bond donors (Lipinski definition) is 0. The lowest BCUT2D eigenvalue weighted by molar-refractivity contribution is -0.145. The number of amides is 1. The van der Waals surface area contributed by atoms with Crippen LogP contribution in [-0.2, 0) is 19.1 Å². The second-order valence-electron chi connectivity index (χ2n) is 7.63. The van der Waals surface area contributed by atoms with Gasteiger partial charge in [0.1, 0.15) is 11.2 Å². The fourth-order valence-electron chi connectivity index (χ4n) is 3.79. The van der Waals surface area contributed by atoms with E-state index in [1.165, 1.54) is 0 Å². The third-order valence-electron chi connectivity index (χ3n) is 5.61. The Kier molecular flexibility index (Phi) is 7.96. The molecule has 0 radical (unpaired) electrons. The summed E-state index contributed by atoms with van der Waals surface area (Å²) < 4.78 is 10.5. The summed E-state index contributed by atoms with van der Waals surface area (Å²) in [4.78, 5) is 41.5. The van der Waals surface area contributed by atoms with E-state index < -0.39 is 11.4 Å². The normalized spacial score (nSPS) is 18.2. The second kappa shape index (κ2) is 10.7. The summed E-state index contributed by atoms with van der Waals surface area (Å²) in [6.07, 6.45) is 2.63. The minimum absolute atomic E-state index is 0.127. The van der Waals surface area contributed by atoms with Gasteiger partial charge in [0.05, 0.1) is 12.3 Å². The number of carbonyl (C=O) groups excluding carboxylic acids is 3. The molecular weight excluding hydrogens is 426 g/mol. The Morgan fingerprint density at radius 3 is 2.47 bits per heavy atom. The first-order valence-corrected chi connectivity index (χ1v) is 11.8. The zero-order valence-electron chi connectivity index (χ0n) is 18.8. The van der Waals surface area contributed by atoms with Gasteiger partial charge < -0.3 is 9.47 Å². The molecule has 1 aliphatic rings. The van der Waals surface area contributed by atoms with Gasteiger partial charge in [-0.15, -0.1) is 0 Å². The molecule has 1 amide bonds. The van der Waals surface area contributed by atoms with Crippen LogP contribution >= 0.6 is 11.8 Å². The molecular formula is C25H29NO5S. The molecule has 170 valence electrons. The lowest BCUT2D eigenvalue weighted by Gasteiger charge is -2.33. The molecule has 0 bridgehead atoms. The van der Waals surface area contributed by atoms with E-state index in [9.17, 15) is 14.4 Å². The Bertz CT molecular complexity index is 978. The first-order valence-electron chi connectivity index (χ1n) is 11.0. The summed E-state index contributed by atoms with van der Waals surface area (Å²) in [5, 5.41) is -0.127. The molecule has 0 aliphatic carbocycles. The zero-order valence-corrected chi connectivity index (χ0v) is 19.6. The maximum atomic E-state index is 14.0. The van der Waals surface area contributed by atoms with Gasteiger partial charge in [0, 0.05) is 16.6 Å². The van der Waals surface area contributed by atoms with Crippen molar-refractivity contribution in [2.45, 2.75) is 51.3 Å². The summed E-state index contributed by atoms with van der Waals surface area (Å²) in [6.45, 7) is 5.74. The number of fused-ring (bicyclic) bond motifs is 1. The van der Waals surface area contributed by atoms with Crippen molar-refractivity contribution < 1.29 is 23.9 Å². The quantitative estimate of drug-likeness (QED) is 0.367. The summed E-state index contributed by atoms with van der Waals surface area (Å²) in [6, 6.07) is 14.5. The van der Waals surface area contributed by atoms with Crippen LogP contribution in [0.1, 0.15) is 46.5 Å². The van der Waals surface area contributed by atoms with Gasteiger partial charge >= 0.3 is 5.97 Å². The van der Waals surface area contributed by atoms with Gasteiger partial charge in [0.2, 0.25) is 11.0 Å². The Hall–Kier alpha value is -2.80. The van der Waals surface area contributed by atoms with Gasteiger partial charge in [-0.3, -0.25) is 14.5 Å². The average molecular weight is 456 g/mol. The van der Waals surface area contributed by atoms with Gasteiger partial charge in [-0.2, -0.15) is 0 Å². The van der Waals surface area contributed by atoms with Crippen molar-refractivity contribution in [1.82, 2.24) is 0 Å². The zero-order chi connectivity index (χ0) is 23.1. The number of ether oxygens (including phenoxy) is 2. The van der Waals surface area contributed by atoms with Gasteiger partial charge in [-0.25, -0.2) is 4.79 Å². The van der Waals surface area contributed by atoms with Crippen LogP contribution in [0.15, 0.2) is 53.4 Å². The molecule has 0 N–H and O–H groups in total. The molecule has 2 aromatic carbocycles. The van der Waals surface area contributed by atoms with Crippen molar-refractivity contribution >= 4 is 40.1 Å². The maximum absolute atomic E-state index is 14.0. The van der Waals surface area contributed by atoms with Crippen molar-refractivity contribution in [1.29, 1.82) is 0 Å². The van der Waals surface area contributed by atoms with E-state index in [0.717, 1.165) is 24.6 Å². The summed E-state index contributed by atoms with van der Waals surface area (Å²) in [5.74, 6) is -0.262. The third kappa shape index (κ3) is 4.83. The van der Waals surface area contributed by atoms with E-state index in [4.69, 9.17) is 9.47 Å². The Balaban J connectivity index is 2.08. The number of carbonyl (C=O) groups is 3. The molecule has 0 aromatic heterocycles. The highest BCUT2D eigenvalue weighted by atomic mass is 32.2. The molecule has 32 heavy (non-hydrogen) atoms. The molecule has 1 atom stereocenters. The standard InChI is InChI=1S/C25H29NO5S/c1-4-7-15-25(5-2)23(28)26(18-11-9-8-10-12-18)20-16-19(31-17-22(27)30-6-3)13-14-21(20)32-24(25)29/h8-14,16H,4-7,15,17H2,1-3H3. The molecule has 1 aliphatic heterocycles. The van der Waals surface area contributed by atoms with Crippen molar-refractivity contribution in [3.8, 4) is 5.75 Å². The van der Waals surface area contributed by atoms with Crippen LogP contribution in [0.5, 0.6) is 5.75 Å². The van der Waals surface area contributed by atoms with E-state index in [1.54, 1.807) is 30.0 Å². The van der Waals surface area contributed by atoms with Crippen LogP contribution in [0.2, 0.25) is 0 Å². The number of unbranched alkanes of at least 4 members (excludes halogenated alkanes) is 1. The van der Waals surface area contributed by atoms with E-state index in [2.05, 4.69) is 6.92 Å². The number of benzene rings is 2. The minimum atomic E-state index is -1.10. The van der Waals surface area contributed by atoms with Crippen LogP contribution in [0, 0.1) is 5.41 Å². The molecule has 3 rings (SSSR count). The fraction of sp³-hybridized carbons (Fsp3) is 0.400. The van der Waals surface area contributed by atoms with Crippen molar-refractivity contribution in [3.63, 3.8) is 0 Å². The van der Waals surface area contributed by atoms with Crippen LogP contribution < -0.4 is 9.64 Å². The highest BCUT2D eigenvalue weighted by Crippen LogP contribution is 2.49. The van der Waals surface area contributed by atoms with Crippen molar-refractivity contribution in [2.75, 3.05) is 18.1 Å². The van der Waals surface area contributed by atoms with Gasteiger partial charge in [-0.1, -0.05) is 44.9 Å². The number of para-hydroxylation sites is 1. The number of rotatable bonds is 9. The minimum Gasteiger partial charge on any atom is -0.482 e. The first kappa shape index (κ1) is 23.9. The summed E-state index contributed by atoms with van der Waals surface area (Å²) in [7, 11) is 0. The van der Waals surface area contributed by atoms with Crippen LogP contribution in [-0.4, -0.2) is 30.2 Å². The lowest BCUT2D eigenvalue weighted by atomic mass is 9.79. The fourth-order valence-corrected chi connectivity index (χ4v) is 4.91. The molecule has 7 heteroatoms. The Morgan fingerprint density at radius 1 is 1.06 bits per heavy atom. The number of esters is 1. The number of hydrogen-bond acceptors (Lipinski definition) is 6. The second-order valence-corrected chi connectivity index (χ2v) is 8.64. The average Bonchev–Trinajstić information content (AvgIpc) is 2.89. The van der Waals surface area contributed by atoms with Crippen LogP contribution in [0.25, 0.3) is 0 Å². The third-order valence-corrected chi connectivity index (χ3v) is 6.76. The van der Waals surface area contributed by atoms with E-state index in [1.807, 2.05) is 37.3 Å². The molecule has 0 spiro atoms. The van der Waals surface area contributed by atoms with Crippen molar-refractivity contribution in [2.24, 2.45) is 5.41 Å². The van der Waals surface area contributed by atoms with E-state index in [0.29, 0.717) is 34.9 Å². The number of thioether (sulfide) groups is 1. The van der Waals surface area contributed by atoms with Gasteiger partial charge in [0.25, 0.3) is 0 Å². The predicted octanol–water partition coefficient (Wildman–Crippen LogP) is 5.51. The topological polar surface area (TPSA) is 72.9 Å². The van der Waals surface area contributed by atoms with Gasteiger partial charge in [0.15, 0.2) is 6.61 Å². The first-order chi connectivity index (χ1) is 15.5. The summed E-state index contributed by atoms with van der Waals surface area (Å²) >= 11 is 1.11. The molecule has 2 aromatic rings. The van der Waals surface area contributed by atoms with E-state index in [-0.39, 0.29) is 24.2 Å². The SMILES string of the molecule is CCCCC1(CC)C(=O)Sc2ccc(OCC(=O)OCC)cc2N(c2ccccc2)C1=O. The lowest BCUT2D eigenvalue weighted by Crippen LogP contribution is -2.44. The molecule has 6 nitrogen and oxygen atoms in total. The van der Waals surface area contributed by atoms with Crippen molar-refractivity contribution in [3.05, 3.63) is 48.5 Å². The molecule has 0 fully saturated rings. The molecule has 0 saturated carbocycles. The van der Waals surface area contributed by atoms with Crippen LogP contribution in [0.4, 0.5) is 11.4 Å². The number of nitrogens with zero attached hydrogens (tertiary/aromatic N) is 1. The highest BCUT2D eigenvalue weighted by molar-refractivity contribution is 8.14. The predicted molar refractivity (Wildman–Crippen MR) is 125 cm³/mol. The maximum Gasteiger partial charge on any atom is 0.344 e. The largest absolute Gasteiger partial charge is 0.482 e. The van der Waals surface area contributed by atoms with Crippen LogP contribution in [0.3, 0.4) is 0 Å². The smallest absolute Gasteiger partial charge is 0.344 e. The Morgan fingerprint density at radius 2 is 1.81 bits per heavy atom. The highest BCUT2D eigenvalue weighted by Gasteiger charge is 2.49. The molecule has 1 unspecified atom stereocenters. The molecule has 0 saturated heterocycles. The number of anilines is 2. The van der Waals surface area contributed by atoms with E-state index >= 15 is 0 Å². The Labute approximate surface area is 193 Å².